The van der Waals surface area contributed by atoms with Crippen LogP contribution in [0.1, 0.15) is 12.8 Å². The lowest BCUT2D eigenvalue weighted by Crippen LogP contribution is -2.41. The van der Waals surface area contributed by atoms with Crippen molar-refractivity contribution < 1.29 is 17.6 Å². The molecule has 0 spiro atoms. The molecule has 2 aromatic carbocycles. The van der Waals surface area contributed by atoms with E-state index in [4.69, 9.17) is 0 Å². The predicted octanol–water partition coefficient (Wildman–Crippen LogP) is 2.87. The van der Waals surface area contributed by atoms with E-state index in [0.717, 1.165) is 11.8 Å². The average molecular weight is 362 g/mol. The molecule has 3 rings (SSSR count). The molecule has 7 heteroatoms. The molecule has 0 radical (unpaired) electrons. The highest BCUT2D eigenvalue weighted by atomic mass is 32.2. The second-order valence-electron chi connectivity index (χ2n) is 5.99. The molecule has 1 saturated heterocycles. The number of para-hydroxylation sites is 1. The van der Waals surface area contributed by atoms with Crippen LogP contribution < -0.4 is 5.32 Å². The number of benzene rings is 2. The molecule has 0 atom stereocenters. The predicted molar refractivity (Wildman–Crippen MR) is 93.0 cm³/mol. The van der Waals surface area contributed by atoms with Crippen molar-refractivity contribution in [1.82, 2.24) is 4.31 Å². The summed E-state index contributed by atoms with van der Waals surface area (Å²) >= 11 is 0. The molecule has 0 unspecified atom stereocenters. The Kier molecular flexibility index (Phi) is 5.15. The number of hydrogen-bond acceptors (Lipinski definition) is 3. The molecular weight excluding hydrogens is 343 g/mol. The Bertz CT molecular complexity index is 848. The van der Waals surface area contributed by atoms with Crippen LogP contribution in [0.25, 0.3) is 0 Å². The fourth-order valence-corrected chi connectivity index (χ4v) is 4.40. The molecule has 0 aliphatic carbocycles. The number of hydrogen-bond donors (Lipinski definition) is 1. The van der Waals surface area contributed by atoms with Gasteiger partial charge in [-0.3, -0.25) is 4.79 Å². The molecule has 0 saturated carbocycles. The fraction of sp³-hybridized carbons (Fsp3) is 0.278. The van der Waals surface area contributed by atoms with Crippen molar-refractivity contribution >= 4 is 21.6 Å². The third kappa shape index (κ3) is 4.05. The largest absolute Gasteiger partial charge is 0.326 e. The third-order valence-corrected chi connectivity index (χ3v) is 6.19. The molecule has 1 heterocycles. The molecule has 1 N–H and O–H groups in total. The topological polar surface area (TPSA) is 66.5 Å². The maximum absolute atomic E-state index is 13.3. The first-order valence-electron chi connectivity index (χ1n) is 8.08. The molecule has 1 fully saturated rings. The maximum Gasteiger partial charge on any atom is 0.243 e. The highest BCUT2D eigenvalue weighted by molar-refractivity contribution is 7.89. The van der Waals surface area contributed by atoms with E-state index < -0.39 is 15.8 Å². The van der Waals surface area contributed by atoms with Crippen LogP contribution in [0.3, 0.4) is 0 Å². The van der Waals surface area contributed by atoms with Gasteiger partial charge in [0.05, 0.1) is 4.90 Å². The van der Waals surface area contributed by atoms with Crippen LogP contribution in [0.2, 0.25) is 0 Å². The Morgan fingerprint density at radius 3 is 2.36 bits per heavy atom. The Morgan fingerprint density at radius 1 is 1.04 bits per heavy atom. The summed E-state index contributed by atoms with van der Waals surface area (Å²) in [4.78, 5) is 12.3. The molecule has 0 aromatic heterocycles. The molecule has 1 aliphatic heterocycles. The van der Waals surface area contributed by atoms with Gasteiger partial charge >= 0.3 is 0 Å². The van der Waals surface area contributed by atoms with Gasteiger partial charge in [-0.25, -0.2) is 12.8 Å². The van der Waals surface area contributed by atoms with Crippen molar-refractivity contribution in [2.24, 2.45) is 5.92 Å². The van der Waals surface area contributed by atoms with Crippen molar-refractivity contribution in [1.29, 1.82) is 0 Å². The van der Waals surface area contributed by atoms with Crippen molar-refractivity contribution in [2.75, 3.05) is 18.4 Å². The van der Waals surface area contributed by atoms with Gasteiger partial charge in [0, 0.05) is 24.7 Å². The number of anilines is 1. The third-order valence-electron chi connectivity index (χ3n) is 4.30. The Morgan fingerprint density at radius 2 is 1.72 bits per heavy atom. The lowest BCUT2D eigenvalue weighted by molar-refractivity contribution is -0.120. The Balaban J connectivity index is 1.62. The second kappa shape index (κ2) is 7.33. The molecular formula is C18H19FN2O3S. The molecule has 0 bridgehead atoms. The zero-order valence-corrected chi connectivity index (χ0v) is 14.4. The first kappa shape index (κ1) is 17.6. The van der Waals surface area contributed by atoms with Crippen molar-refractivity contribution in [3.05, 3.63) is 60.4 Å². The lowest BCUT2D eigenvalue weighted by Gasteiger charge is -2.30. The number of amides is 1. The van der Waals surface area contributed by atoms with Crippen LogP contribution in [0.15, 0.2) is 59.5 Å². The number of nitrogens with zero attached hydrogens (tertiary/aromatic N) is 1. The number of sulfonamides is 1. The van der Waals surface area contributed by atoms with E-state index in [9.17, 15) is 17.6 Å². The molecule has 5 nitrogen and oxygen atoms in total. The normalized spacial score (nSPS) is 16.5. The van der Waals surface area contributed by atoms with Crippen LogP contribution in [0.4, 0.5) is 10.1 Å². The van der Waals surface area contributed by atoms with Crippen molar-refractivity contribution in [3.63, 3.8) is 0 Å². The summed E-state index contributed by atoms with van der Waals surface area (Å²) in [5, 5.41) is 2.85. The number of nitrogens with one attached hydrogen (secondary N) is 1. The fourth-order valence-electron chi connectivity index (χ4n) is 2.90. The van der Waals surface area contributed by atoms with Crippen molar-refractivity contribution in [2.45, 2.75) is 17.7 Å². The number of piperidine rings is 1. The monoisotopic (exact) mass is 362 g/mol. The van der Waals surface area contributed by atoms with E-state index in [1.54, 1.807) is 12.1 Å². The SMILES string of the molecule is O=C(Nc1ccccc1)C1CCN(S(=O)(=O)c2cccc(F)c2)CC1. The van der Waals surface area contributed by atoms with E-state index >= 15 is 0 Å². The zero-order chi connectivity index (χ0) is 17.9. The van der Waals surface area contributed by atoms with E-state index in [1.807, 2.05) is 18.2 Å². The smallest absolute Gasteiger partial charge is 0.243 e. The molecule has 1 aliphatic rings. The Labute approximate surface area is 146 Å². The zero-order valence-electron chi connectivity index (χ0n) is 13.6. The molecule has 2 aromatic rings. The highest BCUT2D eigenvalue weighted by Crippen LogP contribution is 2.25. The van der Waals surface area contributed by atoms with E-state index in [1.165, 1.54) is 22.5 Å². The van der Waals surface area contributed by atoms with Crippen LogP contribution in [0.5, 0.6) is 0 Å². The lowest BCUT2D eigenvalue weighted by atomic mass is 9.97. The van der Waals surface area contributed by atoms with Gasteiger partial charge in [-0.15, -0.1) is 0 Å². The van der Waals surface area contributed by atoms with Crippen molar-refractivity contribution in [3.8, 4) is 0 Å². The van der Waals surface area contributed by atoms with Gasteiger partial charge in [0.15, 0.2) is 0 Å². The Hall–Kier alpha value is -2.25. The maximum atomic E-state index is 13.3. The summed E-state index contributed by atoms with van der Waals surface area (Å²) in [6, 6.07) is 14.1. The van der Waals surface area contributed by atoms with E-state index in [0.29, 0.717) is 12.8 Å². The van der Waals surface area contributed by atoms with Crippen LogP contribution in [0, 0.1) is 11.7 Å². The molecule has 132 valence electrons. The van der Waals surface area contributed by atoms with Crippen LogP contribution >= 0.6 is 0 Å². The van der Waals surface area contributed by atoms with E-state index in [2.05, 4.69) is 5.32 Å². The number of carbonyl (C=O) groups excluding carboxylic acids is 1. The summed E-state index contributed by atoms with van der Waals surface area (Å²) in [6.07, 6.45) is 0.875. The summed E-state index contributed by atoms with van der Waals surface area (Å²) in [7, 11) is -3.73. The molecule has 25 heavy (non-hydrogen) atoms. The van der Waals surface area contributed by atoms with Gasteiger partial charge < -0.3 is 5.32 Å². The van der Waals surface area contributed by atoms with Gasteiger partial charge in [0.2, 0.25) is 15.9 Å². The van der Waals surface area contributed by atoms with Gasteiger partial charge in [0.1, 0.15) is 5.82 Å². The number of rotatable bonds is 4. The average Bonchev–Trinajstić information content (AvgIpc) is 2.62. The second-order valence-corrected chi connectivity index (χ2v) is 7.93. The summed E-state index contributed by atoms with van der Waals surface area (Å²) in [5.74, 6) is -0.925. The highest BCUT2D eigenvalue weighted by Gasteiger charge is 2.32. The number of carbonyl (C=O) groups is 1. The van der Waals surface area contributed by atoms with Gasteiger partial charge in [-0.2, -0.15) is 4.31 Å². The minimum Gasteiger partial charge on any atom is -0.326 e. The van der Waals surface area contributed by atoms with Gasteiger partial charge in [-0.05, 0) is 43.2 Å². The standard InChI is InChI=1S/C18H19FN2O3S/c19-15-5-4-8-17(13-15)25(23,24)21-11-9-14(10-12-21)18(22)20-16-6-2-1-3-7-16/h1-8,13-14H,9-12H2,(H,20,22). The first-order chi connectivity index (χ1) is 12.0. The molecule has 1 amide bonds. The van der Waals surface area contributed by atoms with Gasteiger partial charge in [-0.1, -0.05) is 24.3 Å². The summed E-state index contributed by atoms with van der Waals surface area (Å²) in [6.45, 7) is 0.484. The van der Waals surface area contributed by atoms with E-state index in [-0.39, 0.29) is 29.8 Å². The minimum atomic E-state index is -3.73. The summed E-state index contributed by atoms with van der Waals surface area (Å²) in [5.41, 5.74) is 0.724. The van der Waals surface area contributed by atoms with Crippen LogP contribution in [-0.2, 0) is 14.8 Å². The summed E-state index contributed by atoms with van der Waals surface area (Å²) < 4.78 is 39.7. The first-order valence-corrected chi connectivity index (χ1v) is 9.52. The quantitative estimate of drug-likeness (QED) is 0.909. The number of halogens is 1. The van der Waals surface area contributed by atoms with Gasteiger partial charge in [0.25, 0.3) is 0 Å². The minimum absolute atomic E-state index is 0.0558. The van der Waals surface area contributed by atoms with Crippen LogP contribution in [-0.4, -0.2) is 31.7 Å².